The van der Waals surface area contributed by atoms with Gasteiger partial charge >= 0.3 is 6.03 Å². The lowest BCUT2D eigenvalue weighted by Gasteiger charge is -2.17. The Morgan fingerprint density at radius 2 is 1.88 bits per heavy atom. The van der Waals surface area contributed by atoms with E-state index in [-0.39, 0.29) is 48.0 Å². The van der Waals surface area contributed by atoms with Crippen molar-refractivity contribution in [1.82, 2.24) is 34.2 Å². The Morgan fingerprint density at radius 1 is 1.09 bits per heavy atom. The fraction of sp³-hybridized carbons (Fsp3) is 0.379. The second kappa shape index (κ2) is 10.1. The highest BCUT2D eigenvalue weighted by Crippen LogP contribution is 2.46. The number of amides is 4. The van der Waals surface area contributed by atoms with Gasteiger partial charge in [-0.25, -0.2) is 34.1 Å². The average molecular weight is 585 g/mol. The highest BCUT2D eigenvalue weighted by molar-refractivity contribution is 6.13. The number of halogens is 1. The summed E-state index contributed by atoms with van der Waals surface area (Å²) in [6.45, 7) is 3.48. The number of fused-ring (bicyclic) bond motifs is 1. The molecule has 2 N–H and O–H groups in total. The standard InChI is InChI=1S/C29H29FN10O3/c1-14-20(30)9-31-26(35-14)18-7-19(18)28(42)37-24-8-23(32-13-33-24)34-15(2)21-11-39-10-17(16-4-5-16)6-22(27(39)36-21)40-12-25(41)38(3)29(40)43/h6,8-11,13,15-16,18-19H,4-5,7,12H2,1-3H3,(H2,32,33,34,37,42)/t15-,18?,19?/m1/s1. The first kappa shape index (κ1) is 26.9. The van der Waals surface area contributed by atoms with E-state index in [0.29, 0.717) is 46.8 Å². The third-order valence-electron chi connectivity index (χ3n) is 8.22. The number of nitrogens with one attached hydrogen (secondary N) is 2. The molecule has 4 amide bonds. The van der Waals surface area contributed by atoms with Crippen LogP contribution in [0.25, 0.3) is 5.65 Å². The Bertz CT molecular complexity index is 1800. The molecule has 3 aliphatic rings. The Morgan fingerprint density at radius 3 is 2.60 bits per heavy atom. The van der Waals surface area contributed by atoms with Gasteiger partial charge in [0, 0.05) is 37.3 Å². The van der Waals surface area contributed by atoms with Gasteiger partial charge in [-0.15, -0.1) is 0 Å². The SMILES string of the molecule is Cc1nc(C2CC2C(=O)Nc2cc(N[C@H](C)c3cn4cc(C5CC5)cc(N5CC(=O)N(C)C5=O)c4n3)ncn2)ncc1F. The molecule has 14 heteroatoms. The van der Waals surface area contributed by atoms with E-state index in [2.05, 4.69) is 30.6 Å². The summed E-state index contributed by atoms with van der Waals surface area (Å²) < 4.78 is 15.4. The summed E-state index contributed by atoms with van der Waals surface area (Å²) in [6, 6.07) is 2.95. The van der Waals surface area contributed by atoms with Crippen molar-refractivity contribution in [3.63, 3.8) is 0 Å². The van der Waals surface area contributed by atoms with E-state index in [9.17, 15) is 18.8 Å². The molecule has 4 aromatic heterocycles. The zero-order valence-corrected chi connectivity index (χ0v) is 23.8. The summed E-state index contributed by atoms with van der Waals surface area (Å²) >= 11 is 0. The van der Waals surface area contributed by atoms with Gasteiger partial charge in [0.15, 0.2) is 11.5 Å². The largest absolute Gasteiger partial charge is 0.362 e. The van der Waals surface area contributed by atoms with Crippen LogP contribution in [0.1, 0.15) is 66.8 Å². The second-order valence-corrected chi connectivity index (χ2v) is 11.4. The molecule has 4 aromatic rings. The smallest absolute Gasteiger partial charge is 0.331 e. The molecule has 3 atom stereocenters. The van der Waals surface area contributed by atoms with Crippen molar-refractivity contribution in [3.8, 4) is 0 Å². The van der Waals surface area contributed by atoms with Gasteiger partial charge in [0.1, 0.15) is 30.3 Å². The number of anilines is 3. The lowest BCUT2D eigenvalue weighted by Crippen LogP contribution is -2.30. The van der Waals surface area contributed by atoms with Gasteiger partial charge in [0.05, 0.1) is 29.3 Å². The normalized spacial score (nSPS) is 20.6. The van der Waals surface area contributed by atoms with Crippen molar-refractivity contribution in [1.29, 1.82) is 0 Å². The van der Waals surface area contributed by atoms with Crippen molar-refractivity contribution in [2.45, 2.75) is 51.0 Å². The van der Waals surface area contributed by atoms with Gasteiger partial charge in [-0.2, -0.15) is 0 Å². The number of aryl methyl sites for hydroxylation is 1. The summed E-state index contributed by atoms with van der Waals surface area (Å²) in [6.07, 6.45) is 9.19. The van der Waals surface area contributed by atoms with Crippen LogP contribution in [0.5, 0.6) is 0 Å². The summed E-state index contributed by atoms with van der Waals surface area (Å²) in [7, 11) is 1.48. The number of imidazole rings is 1. The van der Waals surface area contributed by atoms with E-state index in [1.165, 1.54) is 18.3 Å². The number of imide groups is 1. The molecule has 13 nitrogen and oxygen atoms in total. The highest BCUT2D eigenvalue weighted by Gasteiger charge is 2.46. The number of pyridine rings is 1. The van der Waals surface area contributed by atoms with E-state index in [1.807, 2.05) is 29.8 Å². The van der Waals surface area contributed by atoms with Gasteiger partial charge in [-0.3, -0.25) is 19.4 Å². The monoisotopic (exact) mass is 584 g/mol. The summed E-state index contributed by atoms with van der Waals surface area (Å²) in [5.74, 6) is 0.296. The molecule has 0 spiro atoms. The fourth-order valence-electron chi connectivity index (χ4n) is 5.39. The first-order valence-corrected chi connectivity index (χ1v) is 14.2. The number of aromatic nitrogens is 6. The van der Waals surface area contributed by atoms with Crippen LogP contribution in [0, 0.1) is 18.7 Å². The number of rotatable bonds is 8. The van der Waals surface area contributed by atoms with Gasteiger partial charge in [0.25, 0.3) is 0 Å². The maximum Gasteiger partial charge on any atom is 0.331 e. The summed E-state index contributed by atoms with van der Waals surface area (Å²) in [4.78, 5) is 62.1. The van der Waals surface area contributed by atoms with Crippen molar-refractivity contribution in [2.75, 3.05) is 29.1 Å². The molecule has 7 rings (SSSR count). The molecule has 0 bridgehead atoms. The molecule has 2 unspecified atom stereocenters. The lowest BCUT2D eigenvalue weighted by molar-refractivity contribution is -0.124. The molecule has 3 fully saturated rings. The van der Waals surface area contributed by atoms with Crippen LogP contribution in [0.3, 0.4) is 0 Å². The molecule has 1 saturated heterocycles. The average Bonchev–Trinajstić information content (AvgIpc) is 3.91. The number of hydrogen-bond acceptors (Lipinski definition) is 9. The van der Waals surface area contributed by atoms with E-state index in [0.717, 1.165) is 29.5 Å². The molecular weight excluding hydrogens is 555 g/mol. The lowest BCUT2D eigenvalue weighted by atomic mass is 10.1. The molecular formula is C29H29FN10O3. The fourth-order valence-corrected chi connectivity index (χ4v) is 5.39. The van der Waals surface area contributed by atoms with Crippen LogP contribution in [0.4, 0.5) is 26.5 Å². The van der Waals surface area contributed by atoms with Crippen molar-refractivity contribution >= 4 is 40.8 Å². The minimum absolute atomic E-state index is 0.0251. The van der Waals surface area contributed by atoms with Crippen LogP contribution in [-0.4, -0.2) is 65.7 Å². The van der Waals surface area contributed by atoms with E-state index in [1.54, 1.807) is 13.0 Å². The zero-order valence-electron chi connectivity index (χ0n) is 23.8. The third-order valence-corrected chi connectivity index (χ3v) is 8.22. The molecule has 0 radical (unpaired) electrons. The third kappa shape index (κ3) is 5.02. The van der Waals surface area contributed by atoms with E-state index in [4.69, 9.17) is 4.98 Å². The quantitative estimate of drug-likeness (QED) is 0.296. The van der Waals surface area contributed by atoms with Crippen LogP contribution in [-0.2, 0) is 9.59 Å². The predicted octanol–water partition coefficient (Wildman–Crippen LogP) is 3.55. The maximum absolute atomic E-state index is 13.5. The molecule has 2 aliphatic carbocycles. The molecule has 2 saturated carbocycles. The van der Waals surface area contributed by atoms with Crippen LogP contribution in [0.2, 0.25) is 0 Å². The summed E-state index contributed by atoms with van der Waals surface area (Å²) in [5, 5.41) is 6.14. The Balaban J connectivity index is 1.07. The molecule has 1 aliphatic heterocycles. The number of carbonyl (C=O) groups excluding carboxylic acids is 3. The van der Waals surface area contributed by atoms with Crippen LogP contribution < -0.4 is 15.5 Å². The van der Waals surface area contributed by atoms with Gasteiger partial charge in [-0.05, 0) is 50.7 Å². The van der Waals surface area contributed by atoms with Crippen molar-refractivity contribution in [2.24, 2.45) is 5.92 Å². The molecule has 43 heavy (non-hydrogen) atoms. The minimum atomic E-state index is -0.473. The van der Waals surface area contributed by atoms with Crippen molar-refractivity contribution in [3.05, 3.63) is 65.6 Å². The van der Waals surface area contributed by atoms with Gasteiger partial charge < -0.3 is 15.0 Å². The molecule has 220 valence electrons. The second-order valence-electron chi connectivity index (χ2n) is 11.4. The number of hydrogen-bond donors (Lipinski definition) is 2. The van der Waals surface area contributed by atoms with Gasteiger partial charge in [-0.1, -0.05) is 0 Å². The van der Waals surface area contributed by atoms with Crippen LogP contribution in [0.15, 0.2) is 37.1 Å². The number of nitrogens with zero attached hydrogens (tertiary/aromatic N) is 8. The zero-order chi connectivity index (χ0) is 30.0. The topological polar surface area (TPSA) is 151 Å². The first-order chi connectivity index (χ1) is 20.7. The molecule has 5 heterocycles. The summed E-state index contributed by atoms with van der Waals surface area (Å²) in [5.41, 5.74) is 3.27. The maximum atomic E-state index is 13.5. The highest BCUT2D eigenvalue weighted by atomic mass is 19.1. The minimum Gasteiger partial charge on any atom is -0.362 e. The number of carbonyl (C=O) groups is 3. The Labute approximate surface area is 245 Å². The van der Waals surface area contributed by atoms with Gasteiger partial charge in [0.2, 0.25) is 11.8 Å². The predicted molar refractivity (Wildman–Crippen MR) is 153 cm³/mol. The number of urea groups is 1. The van der Waals surface area contributed by atoms with Crippen LogP contribution >= 0.6 is 0 Å². The van der Waals surface area contributed by atoms with E-state index < -0.39 is 5.82 Å². The number of likely N-dealkylation sites (N-methyl/N-ethyl adjacent to an activating group) is 1. The Hall–Kier alpha value is -5.01. The Kier molecular flexibility index (Phi) is 6.29. The first-order valence-electron chi connectivity index (χ1n) is 14.2. The van der Waals surface area contributed by atoms with Crippen molar-refractivity contribution < 1.29 is 18.8 Å². The molecule has 0 aromatic carbocycles. The van der Waals surface area contributed by atoms with E-state index >= 15 is 0 Å².